The molecule has 0 aliphatic carbocycles. The van der Waals surface area contributed by atoms with Crippen LogP contribution in [0.1, 0.15) is 5.56 Å². The Bertz CT molecular complexity index is 504. The molecule has 0 saturated heterocycles. The van der Waals surface area contributed by atoms with Gasteiger partial charge in [-0.3, -0.25) is 0 Å². The number of rotatable bonds is 3. The fraction of sp³-hybridized carbons (Fsp3) is 0.0714. The Morgan fingerprint density at radius 3 is 1.88 bits per heavy atom. The van der Waals surface area contributed by atoms with Crippen LogP contribution in [-0.2, 0) is 8.03 Å². The number of hydrogen-bond acceptors (Lipinski definition) is 1. The Morgan fingerprint density at radius 2 is 1.35 bits per heavy atom. The average Bonchev–Trinajstić information content (AvgIpc) is 2.40. The minimum absolute atomic E-state index is 0.783. The van der Waals surface area contributed by atoms with E-state index in [0.717, 1.165) is 17.4 Å². The quantitative estimate of drug-likeness (QED) is 0.586. The van der Waals surface area contributed by atoms with E-state index in [0.29, 0.717) is 0 Å². The van der Waals surface area contributed by atoms with Crippen molar-refractivity contribution < 1.29 is 4.79 Å². The van der Waals surface area contributed by atoms with E-state index in [-0.39, 0.29) is 0 Å². The number of carbonyl (C=O) groups excluding carboxylic acids is 1. The third-order valence-corrected chi connectivity index (χ3v) is 3.81. The fourth-order valence-electron chi connectivity index (χ4n) is 1.58. The topological polar surface area (TPSA) is 17.1 Å². The lowest BCUT2D eigenvalue weighted by molar-refractivity contribution is -0.107. The second kappa shape index (κ2) is 5.15. The maximum atomic E-state index is 10.9. The van der Waals surface area contributed by atoms with E-state index >= 15 is 0 Å². The number of halogens is 2. The lowest BCUT2D eigenvalue weighted by Gasteiger charge is -2.13. The fourth-order valence-corrected chi connectivity index (χ4v) is 2.11. The van der Waals surface area contributed by atoms with E-state index in [2.05, 4.69) is 44.0 Å². The minimum Gasteiger partial charge on any atom is -0.300 e. The summed E-state index contributed by atoms with van der Waals surface area (Å²) in [4.78, 5) is 10.9. The number of benzene rings is 2. The number of hydrogen-bond donors (Lipinski definition) is 0. The molecular formula is C14H10Br2O. The van der Waals surface area contributed by atoms with Gasteiger partial charge in [0.05, 0.1) is 0 Å². The van der Waals surface area contributed by atoms with E-state index in [4.69, 9.17) is 0 Å². The number of alkyl halides is 2. The monoisotopic (exact) mass is 352 g/mol. The summed E-state index contributed by atoms with van der Waals surface area (Å²) in [6, 6.07) is 18.0. The molecular weight excluding hydrogens is 344 g/mol. The summed E-state index contributed by atoms with van der Waals surface area (Å²) in [6.07, 6.45) is 0.824. The average molecular weight is 354 g/mol. The van der Waals surface area contributed by atoms with Gasteiger partial charge in [-0.1, -0.05) is 86.5 Å². The lowest BCUT2D eigenvalue weighted by Crippen LogP contribution is -2.09. The summed E-state index contributed by atoms with van der Waals surface area (Å²) < 4.78 is -0.783. The summed E-state index contributed by atoms with van der Waals surface area (Å²) in [5.41, 5.74) is 3.18. The SMILES string of the molecule is O=CC(Br)(Br)c1ccc(-c2ccccc2)cc1. The first kappa shape index (κ1) is 12.5. The van der Waals surface area contributed by atoms with Crippen molar-refractivity contribution >= 4 is 38.1 Å². The summed E-state index contributed by atoms with van der Waals surface area (Å²) in [5.74, 6) is 0. The van der Waals surface area contributed by atoms with Gasteiger partial charge in [-0.2, -0.15) is 0 Å². The molecule has 0 N–H and O–H groups in total. The largest absolute Gasteiger partial charge is 0.300 e. The van der Waals surface area contributed by atoms with E-state index < -0.39 is 3.23 Å². The number of carbonyl (C=O) groups is 1. The molecule has 0 fully saturated rings. The van der Waals surface area contributed by atoms with Gasteiger partial charge in [-0.05, 0) is 16.7 Å². The zero-order valence-corrected chi connectivity index (χ0v) is 12.1. The Balaban J connectivity index is 2.34. The van der Waals surface area contributed by atoms with Crippen molar-refractivity contribution in [2.75, 3.05) is 0 Å². The Labute approximate surface area is 117 Å². The Kier molecular flexibility index (Phi) is 3.79. The summed E-state index contributed by atoms with van der Waals surface area (Å²) in [6.45, 7) is 0. The Hall–Kier alpha value is -0.930. The van der Waals surface area contributed by atoms with Crippen molar-refractivity contribution in [2.24, 2.45) is 0 Å². The van der Waals surface area contributed by atoms with E-state index in [1.807, 2.05) is 42.5 Å². The molecule has 0 atom stereocenters. The molecule has 0 unspecified atom stereocenters. The van der Waals surface area contributed by atoms with Gasteiger partial charge in [0.25, 0.3) is 0 Å². The summed E-state index contributed by atoms with van der Waals surface area (Å²) in [5, 5.41) is 0. The second-order valence-electron chi connectivity index (χ2n) is 3.68. The van der Waals surface area contributed by atoms with Gasteiger partial charge < -0.3 is 4.79 Å². The van der Waals surface area contributed by atoms with Gasteiger partial charge in [0.2, 0.25) is 0 Å². The highest BCUT2D eigenvalue weighted by molar-refractivity contribution is 9.25. The van der Waals surface area contributed by atoms with Crippen LogP contribution in [-0.4, -0.2) is 6.29 Å². The molecule has 0 saturated carbocycles. The number of aldehydes is 1. The molecule has 2 aromatic rings. The van der Waals surface area contributed by atoms with Crippen molar-refractivity contribution in [3.05, 3.63) is 60.2 Å². The van der Waals surface area contributed by atoms with Crippen LogP contribution in [0.25, 0.3) is 11.1 Å². The minimum atomic E-state index is -0.783. The first-order chi connectivity index (χ1) is 8.13. The molecule has 17 heavy (non-hydrogen) atoms. The van der Waals surface area contributed by atoms with Gasteiger partial charge in [0, 0.05) is 0 Å². The van der Waals surface area contributed by atoms with Crippen LogP contribution in [0.2, 0.25) is 0 Å². The first-order valence-corrected chi connectivity index (χ1v) is 6.72. The van der Waals surface area contributed by atoms with Gasteiger partial charge in [0.15, 0.2) is 9.52 Å². The van der Waals surface area contributed by atoms with E-state index in [9.17, 15) is 4.79 Å². The highest BCUT2D eigenvalue weighted by atomic mass is 79.9. The summed E-state index contributed by atoms with van der Waals surface area (Å²) in [7, 11) is 0. The van der Waals surface area contributed by atoms with Gasteiger partial charge >= 0.3 is 0 Å². The molecule has 2 rings (SSSR count). The Morgan fingerprint density at radius 1 is 0.824 bits per heavy atom. The maximum Gasteiger partial charge on any atom is 0.160 e. The van der Waals surface area contributed by atoms with Crippen LogP contribution < -0.4 is 0 Å². The molecule has 3 heteroatoms. The molecule has 0 aliphatic heterocycles. The molecule has 86 valence electrons. The van der Waals surface area contributed by atoms with Crippen molar-refractivity contribution in [2.45, 2.75) is 3.23 Å². The molecule has 2 aromatic carbocycles. The highest BCUT2D eigenvalue weighted by Gasteiger charge is 2.23. The zero-order chi connectivity index (χ0) is 12.3. The maximum absolute atomic E-state index is 10.9. The van der Waals surface area contributed by atoms with Gasteiger partial charge in [0.1, 0.15) is 0 Å². The van der Waals surface area contributed by atoms with Gasteiger partial charge in [-0.15, -0.1) is 0 Å². The molecule has 0 bridgehead atoms. The van der Waals surface area contributed by atoms with Crippen LogP contribution in [0, 0.1) is 0 Å². The first-order valence-electron chi connectivity index (χ1n) is 5.13. The lowest BCUT2D eigenvalue weighted by atomic mass is 10.0. The normalized spacial score (nSPS) is 11.2. The predicted octanol–water partition coefficient (Wildman–Crippen LogP) is 4.50. The molecule has 0 heterocycles. The van der Waals surface area contributed by atoms with Crippen LogP contribution in [0.15, 0.2) is 54.6 Å². The van der Waals surface area contributed by atoms with Crippen LogP contribution in [0.4, 0.5) is 0 Å². The van der Waals surface area contributed by atoms with Crippen molar-refractivity contribution in [3.8, 4) is 11.1 Å². The van der Waals surface area contributed by atoms with Crippen molar-refractivity contribution in [1.82, 2.24) is 0 Å². The molecule has 0 radical (unpaired) electrons. The van der Waals surface area contributed by atoms with Crippen molar-refractivity contribution in [3.63, 3.8) is 0 Å². The smallest absolute Gasteiger partial charge is 0.160 e. The van der Waals surface area contributed by atoms with Crippen molar-refractivity contribution in [1.29, 1.82) is 0 Å². The third kappa shape index (κ3) is 2.85. The van der Waals surface area contributed by atoms with E-state index in [1.54, 1.807) is 0 Å². The van der Waals surface area contributed by atoms with Crippen LogP contribution >= 0.6 is 31.9 Å². The molecule has 0 aliphatic rings. The highest BCUT2D eigenvalue weighted by Crippen LogP contribution is 2.36. The molecule has 0 amide bonds. The zero-order valence-electron chi connectivity index (χ0n) is 8.94. The third-order valence-electron chi connectivity index (χ3n) is 2.52. The van der Waals surface area contributed by atoms with Crippen LogP contribution in [0.3, 0.4) is 0 Å². The summed E-state index contributed by atoms with van der Waals surface area (Å²) >= 11 is 6.64. The van der Waals surface area contributed by atoms with Crippen LogP contribution in [0.5, 0.6) is 0 Å². The van der Waals surface area contributed by atoms with Gasteiger partial charge in [-0.25, -0.2) is 0 Å². The van der Waals surface area contributed by atoms with E-state index in [1.165, 1.54) is 5.56 Å². The molecule has 0 spiro atoms. The predicted molar refractivity (Wildman–Crippen MR) is 77.5 cm³/mol. The second-order valence-corrected chi connectivity index (χ2v) is 7.25. The standard InChI is InChI=1S/C14H10Br2O/c15-14(16,10-17)13-8-6-12(7-9-13)11-4-2-1-3-5-11/h1-10H. The molecule has 1 nitrogen and oxygen atoms in total. The molecule has 0 aromatic heterocycles.